The maximum Gasteiger partial charge on any atom is 0.191 e. The summed E-state index contributed by atoms with van der Waals surface area (Å²) >= 11 is 0. The fourth-order valence-electron chi connectivity index (χ4n) is 2.59. The van der Waals surface area contributed by atoms with Gasteiger partial charge in [-0.2, -0.15) is 5.10 Å². The summed E-state index contributed by atoms with van der Waals surface area (Å²) in [4.78, 5) is 4.25. The molecule has 8 nitrogen and oxygen atoms in total. The van der Waals surface area contributed by atoms with Gasteiger partial charge in [-0.3, -0.25) is 9.67 Å². The number of nitrogens with one attached hydrogen (secondary N) is 2. The van der Waals surface area contributed by atoms with Crippen molar-refractivity contribution in [3.63, 3.8) is 0 Å². The Bertz CT molecular complexity index is 552. The minimum Gasteiger partial charge on any atom is -0.383 e. The molecular formula is C19H38IN5O3. The summed E-state index contributed by atoms with van der Waals surface area (Å²) in [5.74, 6) is 0.751. The van der Waals surface area contributed by atoms with Crippen LogP contribution in [0.2, 0.25) is 0 Å². The Hall–Kier alpha value is -0.910. The molecule has 0 aliphatic carbocycles. The van der Waals surface area contributed by atoms with Crippen molar-refractivity contribution in [2.24, 2.45) is 4.99 Å². The fourth-order valence-corrected chi connectivity index (χ4v) is 2.59. The first-order valence-corrected chi connectivity index (χ1v) is 9.75. The molecule has 0 fully saturated rings. The Morgan fingerprint density at radius 1 is 1.07 bits per heavy atom. The smallest absolute Gasteiger partial charge is 0.191 e. The first-order valence-electron chi connectivity index (χ1n) is 9.75. The zero-order chi connectivity index (χ0) is 19.9. The number of aromatic nitrogens is 2. The lowest BCUT2D eigenvalue weighted by Crippen LogP contribution is -2.38. The average molecular weight is 511 g/mol. The van der Waals surface area contributed by atoms with Gasteiger partial charge in [-0.25, -0.2) is 0 Å². The van der Waals surface area contributed by atoms with Gasteiger partial charge in [0.15, 0.2) is 5.96 Å². The lowest BCUT2D eigenvalue weighted by Gasteiger charge is -2.12. The normalized spacial score (nSPS) is 11.4. The third-order valence-electron chi connectivity index (χ3n) is 4.25. The van der Waals surface area contributed by atoms with Crippen LogP contribution < -0.4 is 10.6 Å². The molecular weight excluding hydrogens is 473 g/mol. The number of aliphatic imine (C=N–C) groups is 1. The minimum atomic E-state index is 0. The van der Waals surface area contributed by atoms with Crippen LogP contribution in [0.15, 0.2) is 4.99 Å². The van der Waals surface area contributed by atoms with Crippen molar-refractivity contribution in [3.05, 3.63) is 17.0 Å². The lowest BCUT2D eigenvalue weighted by atomic mass is 10.2. The number of aryl methyl sites for hydroxylation is 1. The van der Waals surface area contributed by atoms with Crippen molar-refractivity contribution >= 4 is 29.9 Å². The van der Waals surface area contributed by atoms with Gasteiger partial charge < -0.3 is 24.8 Å². The quantitative estimate of drug-likeness (QED) is 0.173. The summed E-state index contributed by atoms with van der Waals surface area (Å²) in [7, 11) is 3.46. The molecule has 2 N–H and O–H groups in total. The molecule has 1 aromatic rings. The minimum absolute atomic E-state index is 0. The maximum atomic E-state index is 5.56. The van der Waals surface area contributed by atoms with Crippen LogP contribution in [0.3, 0.4) is 0 Å². The Labute approximate surface area is 186 Å². The van der Waals surface area contributed by atoms with Gasteiger partial charge in [0.05, 0.1) is 38.7 Å². The van der Waals surface area contributed by atoms with Crippen molar-refractivity contribution in [2.45, 2.75) is 46.7 Å². The van der Waals surface area contributed by atoms with E-state index in [0.717, 1.165) is 43.3 Å². The number of nitrogens with zero attached hydrogens (tertiary/aromatic N) is 3. The molecule has 1 heterocycles. The summed E-state index contributed by atoms with van der Waals surface area (Å²) in [6, 6.07) is 0. The van der Waals surface area contributed by atoms with Gasteiger partial charge in [-0.1, -0.05) is 13.3 Å². The van der Waals surface area contributed by atoms with Crippen LogP contribution in [0.5, 0.6) is 0 Å². The predicted molar refractivity (Wildman–Crippen MR) is 124 cm³/mol. The van der Waals surface area contributed by atoms with E-state index in [9.17, 15) is 0 Å². The molecule has 0 aromatic carbocycles. The van der Waals surface area contributed by atoms with Gasteiger partial charge in [-0.15, -0.1) is 24.0 Å². The molecule has 9 heteroatoms. The molecule has 0 bridgehead atoms. The highest BCUT2D eigenvalue weighted by atomic mass is 127. The van der Waals surface area contributed by atoms with Crippen molar-refractivity contribution in [3.8, 4) is 0 Å². The van der Waals surface area contributed by atoms with Crippen LogP contribution in [0.4, 0.5) is 0 Å². The molecule has 0 saturated heterocycles. The van der Waals surface area contributed by atoms with Crippen LogP contribution in [-0.4, -0.2) is 69.5 Å². The number of hydrogen-bond donors (Lipinski definition) is 2. The molecule has 1 aromatic heterocycles. The number of unbranched alkanes of at least 4 members (excludes halogenated alkanes) is 1. The second-order valence-electron chi connectivity index (χ2n) is 6.30. The van der Waals surface area contributed by atoms with E-state index in [1.54, 1.807) is 14.2 Å². The van der Waals surface area contributed by atoms with Crippen LogP contribution in [0, 0.1) is 13.8 Å². The van der Waals surface area contributed by atoms with Gasteiger partial charge >= 0.3 is 0 Å². The topological polar surface area (TPSA) is 81.9 Å². The highest BCUT2D eigenvalue weighted by Gasteiger charge is 2.11. The largest absolute Gasteiger partial charge is 0.383 e. The molecule has 164 valence electrons. The zero-order valence-electron chi connectivity index (χ0n) is 18.0. The summed E-state index contributed by atoms with van der Waals surface area (Å²) < 4.78 is 18.1. The van der Waals surface area contributed by atoms with Crippen LogP contribution in [0.1, 0.15) is 36.7 Å². The van der Waals surface area contributed by atoms with Crippen molar-refractivity contribution < 1.29 is 14.2 Å². The standard InChI is InChI=1S/C19H37N5O3.HI/c1-6-7-10-26-13-14-27-11-8-21-19(20-4)22-15-18-16(2)23-24(17(18)3)9-12-25-5;/h6-15H2,1-5H3,(H2,20,21,22);1H. The molecule has 0 aliphatic rings. The maximum absolute atomic E-state index is 5.56. The highest BCUT2D eigenvalue weighted by molar-refractivity contribution is 14.0. The Balaban J connectivity index is 0.00000729. The first-order chi connectivity index (χ1) is 13.1. The van der Waals surface area contributed by atoms with Crippen LogP contribution in [-0.2, 0) is 27.3 Å². The first kappa shape index (κ1) is 27.1. The number of ether oxygens (including phenoxy) is 3. The summed E-state index contributed by atoms with van der Waals surface area (Å²) in [6.45, 7) is 11.8. The molecule has 0 radical (unpaired) electrons. The average Bonchev–Trinajstić information content (AvgIpc) is 2.94. The van der Waals surface area contributed by atoms with Gasteiger partial charge in [0.2, 0.25) is 0 Å². The van der Waals surface area contributed by atoms with E-state index in [-0.39, 0.29) is 24.0 Å². The Morgan fingerprint density at radius 3 is 2.43 bits per heavy atom. The number of hydrogen-bond acceptors (Lipinski definition) is 5. The number of guanidine groups is 1. The highest BCUT2D eigenvalue weighted by Crippen LogP contribution is 2.12. The monoisotopic (exact) mass is 511 g/mol. The van der Waals surface area contributed by atoms with Gasteiger partial charge in [0.25, 0.3) is 0 Å². The predicted octanol–water partition coefficient (Wildman–Crippen LogP) is 2.26. The number of rotatable bonds is 14. The zero-order valence-corrected chi connectivity index (χ0v) is 20.4. The third-order valence-corrected chi connectivity index (χ3v) is 4.25. The second kappa shape index (κ2) is 17.0. The van der Waals surface area contributed by atoms with E-state index in [4.69, 9.17) is 14.2 Å². The Morgan fingerprint density at radius 2 is 1.79 bits per heavy atom. The van der Waals surface area contributed by atoms with Gasteiger partial charge in [0, 0.05) is 45.1 Å². The van der Waals surface area contributed by atoms with E-state index in [2.05, 4.69) is 34.6 Å². The van der Waals surface area contributed by atoms with Crippen molar-refractivity contribution in [1.82, 2.24) is 20.4 Å². The lowest BCUT2D eigenvalue weighted by molar-refractivity contribution is 0.0487. The molecule has 0 amide bonds. The van der Waals surface area contributed by atoms with E-state index >= 15 is 0 Å². The summed E-state index contributed by atoms with van der Waals surface area (Å²) in [5.41, 5.74) is 3.37. The SMILES string of the molecule is CCCCOCCOCCNC(=NC)NCc1c(C)nn(CCOC)c1C.I. The van der Waals surface area contributed by atoms with Gasteiger partial charge in [-0.05, 0) is 20.3 Å². The van der Waals surface area contributed by atoms with E-state index < -0.39 is 0 Å². The van der Waals surface area contributed by atoms with E-state index in [1.807, 2.05) is 11.6 Å². The number of halogens is 1. The molecule has 0 saturated carbocycles. The summed E-state index contributed by atoms with van der Waals surface area (Å²) in [5, 5.41) is 11.2. The van der Waals surface area contributed by atoms with Crippen molar-refractivity contribution in [2.75, 3.05) is 53.7 Å². The molecule has 0 spiro atoms. The molecule has 0 unspecified atom stereocenters. The van der Waals surface area contributed by atoms with E-state index in [1.165, 1.54) is 5.56 Å². The molecule has 0 atom stereocenters. The van der Waals surface area contributed by atoms with Crippen LogP contribution >= 0.6 is 24.0 Å². The third kappa shape index (κ3) is 10.6. The summed E-state index contributed by atoms with van der Waals surface area (Å²) in [6.07, 6.45) is 2.26. The molecule has 0 aliphatic heterocycles. The molecule has 28 heavy (non-hydrogen) atoms. The number of methoxy groups -OCH3 is 1. The fraction of sp³-hybridized carbons (Fsp3) is 0.789. The van der Waals surface area contributed by atoms with E-state index in [0.29, 0.717) is 39.5 Å². The second-order valence-corrected chi connectivity index (χ2v) is 6.30. The van der Waals surface area contributed by atoms with Gasteiger partial charge in [0.1, 0.15) is 0 Å². The molecule has 1 rings (SSSR count). The Kier molecular flexibility index (Phi) is 16.4. The van der Waals surface area contributed by atoms with Crippen molar-refractivity contribution in [1.29, 1.82) is 0 Å². The van der Waals surface area contributed by atoms with Crippen LogP contribution in [0.25, 0.3) is 0 Å².